The van der Waals surface area contributed by atoms with Crippen molar-refractivity contribution in [2.75, 3.05) is 11.5 Å². The summed E-state index contributed by atoms with van der Waals surface area (Å²) in [6.07, 6.45) is 0.663. The molecule has 1 fully saturated rings. The van der Waals surface area contributed by atoms with Gasteiger partial charge >= 0.3 is 0 Å². The number of nitrogens with one attached hydrogen (secondary N) is 2. The Bertz CT molecular complexity index is 348. The summed E-state index contributed by atoms with van der Waals surface area (Å²) in [7, 11) is -4.25. The number of hydrogen-bond acceptors (Lipinski definition) is 3. The van der Waals surface area contributed by atoms with Gasteiger partial charge in [0.05, 0.1) is 11.5 Å². The maximum Gasteiger partial charge on any atom is 0.158 e. The van der Waals surface area contributed by atoms with Crippen LogP contribution in [-0.2, 0) is 9.84 Å². The fourth-order valence-corrected chi connectivity index (χ4v) is 4.98. The van der Waals surface area contributed by atoms with Gasteiger partial charge in [0.25, 0.3) is 0 Å². The van der Waals surface area contributed by atoms with E-state index in [-0.39, 0.29) is 17.5 Å². The standard InChI is InChI=1S/C8H18N2O2S2Si/c1-15(2,3)10-8(13)9-7-4-5-14(11,12)6-7/h7H,4-6H2,1-3H3,(H2,9,10,13). The number of hydrogen-bond donors (Lipinski definition) is 2. The van der Waals surface area contributed by atoms with E-state index in [1.54, 1.807) is 0 Å². The van der Waals surface area contributed by atoms with Crippen molar-refractivity contribution in [3.8, 4) is 0 Å². The Hall–Kier alpha value is -0.143. The lowest BCUT2D eigenvalue weighted by atomic mass is 10.3. The lowest BCUT2D eigenvalue weighted by Gasteiger charge is -2.22. The zero-order chi connectivity index (χ0) is 11.7. The zero-order valence-corrected chi connectivity index (χ0v) is 12.0. The van der Waals surface area contributed by atoms with Crippen molar-refractivity contribution < 1.29 is 8.42 Å². The molecule has 1 atom stereocenters. The summed E-state index contributed by atoms with van der Waals surface area (Å²) in [5.74, 6) is 0.487. The van der Waals surface area contributed by atoms with Crippen LogP contribution in [0.25, 0.3) is 0 Å². The number of rotatable bonds is 2. The molecule has 0 aromatic carbocycles. The van der Waals surface area contributed by atoms with E-state index in [9.17, 15) is 8.42 Å². The highest BCUT2D eigenvalue weighted by Crippen LogP contribution is 2.11. The SMILES string of the molecule is C[Si](C)(C)NC(=S)NC1CCS(=O)(=O)C1. The molecular formula is C8H18N2O2S2Si. The minimum Gasteiger partial charge on any atom is -0.389 e. The zero-order valence-electron chi connectivity index (χ0n) is 9.33. The molecular weight excluding hydrogens is 248 g/mol. The van der Waals surface area contributed by atoms with E-state index in [0.717, 1.165) is 0 Å². The van der Waals surface area contributed by atoms with Gasteiger partial charge < -0.3 is 10.3 Å². The second kappa shape index (κ2) is 4.38. The first-order chi connectivity index (χ1) is 6.68. The maximum atomic E-state index is 11.2. The Morgan fingerprint density at radius 2 is 2.00 bits per heavy atom. The van der Waals surface area contributed by atoms with E-state index in [0.29, 0.717) is 11.5 Å². The first-order valence-electron chi connectivity index (χ1n) is 4.97. The van der Waals surface area contributed by atoms with Gasteiger partial charge in [-0.25, -0.2) is 8.42 Å². The molecule has 0 spiro atoms. The molecule has 0 amide bonds. The third-order valence-electron chi connectivity index (χ3n) is 2.06. The molecule has 1 heterocycles. The van der Waals surface area contributed by atoms with Gasteiger partial charge in [-0.3, -0.25) is 0 Å². The molecule has 0 aromatic rings. The van der Waals surface area contributed by atoms with Gasteiger partial charge in [-0.15, -0.1) is 0 Å². The topological polar surface area (TPSA) is 58.2 Å². The molecule has 88 valence electrons. The minimum absolute atomic E-state index is 0.00801. The van der Waals surface area contributed by atoms with Crippen LogP contribution in [0.4, 0.5) is 0 Å². The summed E-state index contributed by atoms with van der Waals surface area (Å²) in [6, 6.07) is -0.00801. The van der Waals surface area contributed by atoms with Crippen molar-refractivity contribution in [1.29, 1.82) is 0 Å². The van der Waals surface area contributed by atoms with E-state index >= 15 is 0 Å². The number of sulfone groups is 1. The van der Waals surface area contributed by atoms with Crippen molar-refractivity contribution in [1.82, 2.24) is 10.3 Å². The second-order valence-electron chi connectivity index (χ2n) is 4.95. The first kappa shape index (κ1) is 12.9. The van der Waals surface area contributed by atoms with Crippen LogP contribution in [0.1, 0.15) is 6.42 Å². The molecule has 0 saturated carbocycles. The Balaban J connectivity index is 2.41. The summed E-state index contributed by atoms with van der Waals surface area (Å²) in [5.41, 5.74) is 0. The molecule has 15 heavy (non-hydrogen) atoms. The lowest BCUT2D eigenvalue weighted by Crippen LogP contribution is -2.52. The highest BCUT2D eigenvalue weighted by atomic mass is 32.2. The highest BCUT2D eigenvalue weighted by Gasteiger charge is 2.28. The van der Waals surface area contributed by atoms with Crippen LogP contribution in [0.5, 0.6) is 0 Å². The third-order valence-corrected chi connectivity index (χ3v) is 5.23. The lowest BCUT2D eigenvalue weighted by molar-refractivity contribution is 0.600. The van der Waals surface area contributed by atoms with Gasteiger partial charge in [-0.1, -0.05) is 19.6 Å². The number of thiocarbonyl (C=S) groups is 1. The minimum atomic E-state index is -2.82. The molecule has 0 bridgehead atoms. The molecule has 2 N–H and O–H groups in total. The van der Waals surface area contributed by atoms with Crippen LogP contribution in [0.3, 0.4) is 0 Å². The van der Waals surface area contributed by atoms with Crippen molar-refractivity contribution in [2.24, 2.45) is 0 Å². The van der Waals surface area contributed by atoms with Gasteiger partial charge in [0, 0.05) is 6.04 Å². The Morgan fingerprint density at radius 1 is 1.40 bits per heavy atom. The molecule has 1 saturated heterocycles. The van der Waals surface area contributed by atoms with E-state index in [1.807, 2.05) is 0 Å². The van der Waals surface area contributed by atoms with Gasteiger partial charge in [0.15, 0.2) is 14.9 Å². The van der Waals surface area contributed by atoms with Gasteiger partial charge in [0.2, 0.25) is 0 Å². The second-order valence-corrected chi connectivity index (χ2v) is 12.3. The predicted octanol–water partition coefficient (Wildman–Crippen LogP) is 0.473. The summed E-state index contributed by atoms with van der Waals surface area (Å²) < 4.78 is 22.4. The highest BCUT2D eigenvalue weighted by molar-refractivity contribution is 7.91. The van der Waals surface area contributed by atoms with Crippen molar-refractivity contribution in [2.45, 2.75) is 32.1 Å². The van der Waals surface area contributed by atoms with Gasteiger partial charge in [0.1, 0.15) is 8.24 Å². The van der Waals surface area contributed by atoms with Crippen LogP contribution >= 0.6 is 12.2 Å². The molecule has 0 aliphatic carbocycles. The fraction of sp³-hybridized carbons (Fsp3) is 0.875. The molecule has 7 heteroatoms. The van der Waals surface area contributed by atoms with E-state index in [1.165, 1.54) is 0 Å². The van der Waals surface area contributed by atoms with E-state index in [4.69, 9.17) is 12.2 Å². The largest absolute Gasteiger partial charge is 0.389 e. The molecule has 1 aliphatic rings. The molecule has 1 aliphatic heterocycles. The molecule has 4 nitrogen and oxygen atoms in total. The van der Waals surface area contributed by atoms with Crippen LogP contribution in [-0.4, -0.2) is 39.3 Å². The summed E-state index contributed by atoms with van der Waals surface area (Å²) >= 11 is 5.13. The monoisotopic (exact) mass is 266 g/mol. The smallest absolute Gasteiger partial charge is 0.158 e. The van der Waals surface area contributed by atoms with Crippen LogP contribution in [0, 0.1) is 0 Å². The quantitative estimate of drug-likeness (QED) is 0.562. The normalized spacial score (nSPS) is 24.9. The van der Waals surface area contributed by atoms with Crippen LogP contribution in [0.15, 0.2) is 0 Å². The summed E-state index contributed by atoms with van der Waals surface area (Å²) in [5, 5.41) is 3.66. The Kier molecular flexibility index (Phi) is 3.78. The molecule has 1 rings (SSSR count). The van der Waals surface area contributed by atoms with Crippen LogP contribution < -0.4 is 10.3 Å². The maximum absolute atomic E-state index is 11.2. The fourth-order valence-electron chi connectivity index (χ4n) is 1.47. The predicted molar refractivity (Wildman–Crippen MR) is 69.3 cm³/mol. The first-order valence-corrected chi connectivity index (χ1v) is 10.7. The van der Waals surface area contributed by atoms with E-state index in [2.05, 4.69) is 29.9 Å². The van der Waals surface area contributed by atoms with Crippen molar-refractivity contribution in [3.05, 3.63) is 0 Å². The van der Waals surface area contributed by atoms with Gasteiger partial charge in [-0.05, 0) is 18.6 Å². The average molecular weight is 266 g/mol. The summed E-state index contributed by atoms with van der Waals surface area (Å²) in [6.45, 7) is 6.44. The Morgan fingerprint density at radius 3 is 2.40 bits per heavy atom. The molecule has 1 unspecified atom stereocenters. The molecule has 0 radical (unpaired) electrons. The van der Waals surface area contributed by atoms with Crippen LogP contribution in [0.2, 0.25) is 19.6 Å². The molecule has 0 aromatic heterocycles. The van der Waals surface area contributed by atoms with Crippen molar-refractivity contribution >= 4 is 35.4 Å². The van der Waals surface area contributed by atoms with Gasteiger partial charge in [-0.2, -0.15) is 0 Å². The van der Waals surface area contributed by atoms with Crippen molar-refractivity contribution in [3.63, 3.8) is 0 Å². The Labute approximate surface area is 97.8 Å². The summed E-state index contributed by atoms with van der Waals surface area (Å²) in [4.78, 5) is 3.24. The average Bonchev–Trinajstić information content (AvgIpc) is 2.25. The van der Waals surface area contributed by atoms with E-state index < -0.39 is 18.1 Å². The third kappa shape index (κ3) is 4.94.